The van der Waals surface area contributed by atoms with E-state index in [9.17, 15) is 9.59 Å². The quantitative estimate of drug-likeness (QED) is 0.887. The van der Waals surface area contributed by atoms with Crippen LogP contribution in [0.1, 0.15) is 20.7 Å². The van der Waals surface area contributed by atoms with E-state index in [2.05, 4.69) is 21.2 Å². The molecular formula is C14H10BrClN2O2. The highest BCUT2D eigenvalue weighted by Crippen LogP contribution is 2.21. The second kappa shape index (κ2) is 6.07. The van der Waals surface area contributed by atoms with E-state index in [-0.39, 0.29) is 16.5 Å². The van der Waals surface area contributed by atoms with Gasteiger partial charge in [0.05, 0.1) is 10.6 Å². The Balaban J connectivity index is 2.20. The lowest BCUT2D eigenvalue weighted by Gasteiger charge is -2.07. The maximum absolute atomic E-state index is 12.0. The molecule has 0 aliphatic heterocycles. The first-order chi connectivity index (χ1) is 9.47. The van der Waals surface area contributed by atoms with E-state index in [1.807, 2.05) is 6.07 Å². The molecule has 0 heterocycles. The molecule has 0 aliphatic carbocycles. The summed E-state index contributed by atoms with van der Waals surface area (Å²) in [6.45, 7) is 0. The van der Waals surface area contributed by atoms with Crippen molar-refractivity contribution in [2.75, 3.05) is 5.32 Å². The van der Waals surface area contributed by atoms with Gasteiger partial charge in [0, 0.05) is 15.7 Å². The van der Waals surface area contributed by atoms with E-state index >= 15 is 0 Å². The Bertz CT molecular complexity index is 689. The molecule has 0 atom stereocenters. The summed E-state index contributed by atoms with van der Waals surface area (Å²) >= 11 is 9.22. The maximum atomic E-state index is 12.0. The standard InChI is InChI=1S/C14H10BrClN2O2/c15-9-3-1-2-8(6-9)14(20)18-10-4-5-11(13(17)19)12(16)7-10/h1-7H,(H2,17,19)(H,18,20). The molecule has 2 amide bonds. The third-order valence-corrected chi connectivity index (χ3v) is 3.39. The Morgan fingerprint density at radius 2 is 1.90 bits per heavy atom. The highest BCUT2D eigenvalue weighted by Gasteiger charge is 2.10. The Morgan fingerprint density at radius 3 is 2.50 bits per heavy atom. The first-order valence-corrected chi connectivity index (χ1v) is 6.81. The van der Waals surface area contributed by atoms with Gasteiger partial charge in [0.1, 0.15) is 0 Å². The molecule has 2 rings (SSSR count). The van der Waals surface area contributed by atoms with Crippen molar-refractivity contribution >= 4 is 45.0 Å². The summed E-state index contributed by atoms with van der Waals surface area (Å²) in [4.78, 5) is 23.1. The van der Waals surface area contributed by atoms with Gasteiger partial charge in [-0.3, -0.25) is 9.59 Å². The molecule has 2 aromatic carbocycles. The monoisotopic (exact) mass is 352 g/mol. The van der Waals surface area contributed by atoms with Crippen LogP contribution in [0.4, 0.5) is 5.69 Å². The highest BCUT2D eigenvalue weighted by atomic mass is 79.9. The molecular weight excluding hydrogens is 344 g/mol. The highest BCUT2D eigenvalue weighted by molar-refractivity contribution is 9.10. The first kappa shape index (κ1) is 14.6. The van der Waals surface area contributed by atoms with E-state index in [1.165, 1.54) is 12.1 Å². The second-order valence-corrected chi connectivity index (χ2v) is 5.35. The Morgan fingerprint density at radius 1 is 1.15 bits per heavy atom. The number of anilines is 1. The number of rotatable bonds is 3. The zero-order valence-electron chi connectivity index (χ0n) is 10.2. The smallest absolute Gasteiger partial charge is 0.255 e. The van der Waals surface area contributed by atoms with Gasteiger partial charge in [0.15, 0.2) is 0 Å². The van der Waals surface area contributed by atoms with Gasteiger partial charge < -0.3 is 11.1 Å². The van der Waals surface area contributed by atoms with Crippen molar-refractivity contribution in [1.82, 2.24) is 0 Å². The van der Waals surface area contributed by atoms with Crippen molar-refractivity contribution in [3.05, 3.63) is 63.1 Å². The molecule has 2 aromatic rings. The summed E-state index contributed by atoms with van der Waals surface area (Å²) in [5.74, 6) is -0.881. The molecule has 4 nitrogen and oxygen atoms in total. The summed E-state index contributed by atoms with van der Waals surface area (Å²) in [5, 5.41) is 2.89. The molecule has 0 bridgehead atoms. The predicted molar refractivity (Wildman–Crippen MR) is 82.1 cm³/mol. The fourth-order valence-corrected chi connectivity index (χ4v) is 2.30. The van der Waals surface area contributed by atoms with Crippen LogP contribution in [0.25, 0.3) is 0 Å². The Hall–Kier alpha value is -1.85. The van der Waals surface area contributed by atoms with Gasteiger partial charge in [0.2, 0.25) is 5.91 Å². The van der Waals surface area contributed by atoms with Gasteiger partial charge in [-0.1, -0.05) is 33.6 Å². The molecule has 0 saturated heterocycles. The van der Waals surface area contributed by atoms with Gasteiger partial charge in [-0.15, -0.1) is 0 Å². The third kappa shape index (κ3) is 3.37. The summed E-state index contributed by atoms with van der Waals surface area (Å²) in [5.41, 5.74) is 6.37. The third-order valence-electron chi connectivity index (χ3n) is 2.58. The van der Waals surface area contributed by atoms with Gasteiger partial charge in [-0.05, 0) is 36.4 Å². The normalized spacial score (nSPS) is 10.1. The van der Waals surface area contributed by atoms with E-state index in [1.54, 1.807) is 24.3 Å². The fourth-order valence-electron chi connectivity index (χ4n) is 1.63. The minimum Gasteiger partial charge on any atom is -0.366 e. The number of nitrogens with one attached hydrogen (secondary N) is 1. The van der Waals surface area contributed by atoms with E-state index in [4.69, 9.17) is 17.3 Å². The lowest BCUT2D eigenvalue weighted by molar-refractivity contribution is 0.0998. The topological polar surface area (TPSA) is 72.2 Å². The molecule has 0 aromatic heterocycles. The number of carbonyl (C=O) groups is 2. The van der Waals surface area contributed by atoms with Crippen LogP contribution in [-0.2, 0) is 0 Å². The van der Waals surface area contributed by atoms with Crippen LogP contribution in [0, 0.1) is 0 Å². The minimum atomic E-state index is -0.611. The summed E-state index contributed by atoms with van der Waals surface area (Å²) < 4.78 is 0.812. The number of halogens is 2. The minimum absolute atomic E-state index is 0.199. The fraction of sp³-hybridized carbons (Fsp3) is 0. The molecule has 0 aliphatic rings. The molecule has 0 unspecified atom stereocenters. The van der Waals surface area contributed by atoms with Crippen molar-refractivity contribution in [3.8, 4) is 0 Å². The number of carbonyl (C=O) groups excluding carboxylic acids is 2. The molecule has 0 spiro atoms. The van der Waals surface area contributed by atoms with Crippen LogP contribution in [0.2, 0.25) is 5.02 Å². The number of hydrogen-bond donors (Lipinski definition) is 2. The van der Waals surface area contributed by atoms with Crippen LogP contribution >= 0.6 is 27.5 Å². The number of nitrogens with two attached hydrogens (primary N) is 1. The van der Waals surface area contributed by atoms with Crippen LogP contribution in [0.3, 0.4) is 0 Å². The van der Waals surface area contributed by atoms with Crippen molar-refractivity contribution in [2.45, 2.75) is 0 Å². The lowest BCUT2D eigenvalue weighted by Crippen LogP contribution is -2.14. The number of primary amides is 1. The van der Waals surface area contributed by atoms with Crippen molar-refractivity contribution in [1.29, 1.82) is 0 Å². The van der Waals surface area contributed by atoms with Gasteiger partial charge in [-0.2, -0.15) is 0 Å². The van der Waals surface area contributed by atoms with Gasteiger partial charge in [0.25, 0.3) is 5.91 Å². The second-order valence-electron chi connectivity index (χ2n) is 4.02. The molecule has 20 heavy (non-hydrogen) atoms. The lowest BCUT2D eigenvalue weighted by atomic mass is 10.1. The average molecular weight is 354 g/mol. The largest absolute Gasteiger partial charge is 0.366 e. The molecule has 0 saturated carbocycles. The van der Waals surface area contributed by atoms with Gasteiger partial charge >= 0.3 is 0 Å². The van der Waals surface area contributed by atoms with Crippen LogP contribution < -0.4 is 11.1 Å². The number of amides is 2. The number of benzene rings is 2. The Kier molecular flexibility index (Phi) is 4.42. The zero-order valence-corrected chi connectivity index (χ0v) is 12.5. The molecule has 3 N–H and O–H groups in total. The SMILES string of the molecule is NC(=O)c1ccc(NC(=O)c2cccc(Br)c2)cc1Cl. The van der Waals surface area contributed by atoms with E-state index in [0.717, 1.165) is 4.47 Å². The predicted octanol–water partition coefficient (Wildman–Crippen LogP) is 3.45. The van der Waals surface area contributed by atoms with Crippen molar-refractivity contribution in [2.24, 2.45) is 5.73 Å². The number of hydrogen-bond acceptors (Lipinski definition) is 2. The van der Waals surface area contributed by atoms with Crippen molar-refractivity contribution < 1.29 is 9.59 Å². The Labute approximate surface area is 129 Å². The van der Waals surface area contributed by atoms with E-state index in [0.29, 0.717) is 11.3 Å². The van der Waals surface area contributed by atoms with Crippen molar-refractivity contribution in [3.63, 3.8) is 0 Å². The first-order valence-electron chi connectivity index (χ1n) is 5.63. The maximum Gasteiger partial charge on any atom is 0.255 e. The summed E-state index contributed by atoms with van der Waals surface area (Å²) in [6.07, 6.45) is 0. The summed E-state index contributed by atoms with van der Waals surface area (Å²) in [7, 11) is 0. The van der Waals surface area contributed by atoms with Crippen LogP contribution in [-0.4, -0.2) is 11.8 Å². The molecule has 0 radical (unpaired) electrons. The average Bonchev–Trinajstić information content (AvgIpc) is 2.38. The van der Waals surface area contributed by atoms with Crippen LogP contribution in [0.15, 0.2) is 46.9 Å². The van der Waals surface area contributed by atoms with Gasteiger partial charge in [-0.25, -0.2) is 0 Å². The van der Waals surface area contributed by atoms with Crippen LogP contribution in [0.5, 0.6) is 0 Å². The van der Waals surface area contributed by atoms with E-state index < -0.39 is 5.91 Å². The zero-order chi connectivity index (χ0) is 14.7. The molecule has 0 fully saturated rings. The molecule has 102 valence electrons. The molecule has 6 heteroatoms. The summed E-state index contributed by atoms with van der Waals surface area (Å²) in [6, 6.07) is 11.5.